The lowest BCUT2D eigenvalue weighted by atomic mass is 10.3. The van der Waals surface area contributed by atoms with Crippen molar-refractivity contribution in [3.05, 3.63) is 21.5 Å². The molecule has 1 N–H and O–H groups in total. The number of halogens is 1. The van der Waals surface area contributed by atoms with Gasteiger partial charge in [0, 0.05) is 0 Å². The molecule has 1 rings (SSSR count). The van der Waals surface area contributed by atoms with E-state index in [1.54, 1.807) is 0 Å². The lowest BCUT2D eigenvalue weighted by Crippen LogP contribution is -2.16. The maximum atomic E-state index is 13.1. The lowest BCUT2D eigenvalue weighted by Gasteiger charge is -2.03. The molecule has 0 aliphatic carbocycles. The second-order valence-corrected chi connectivity index (χ2v) is 2.90. The maximum absolute atomic E-state index is 13.1. The summed E-state index contributed by atoms with van der Waals surface area (Å²) in [6, 6.07) is 0. The molecule has 1 aromatic heterocycles. The molecule has 1 unspecified atom stereocenters. The number of hydrogen-bond donors (Lipinski definition) is 1. The summed E-state index contributed by atoms with van der Waals surface area (Å²) in [4.78, 5) is 20.1. The Hall–Kier alpha value is -1.99. The molecule has 82 valence electrons. The Labute approximate surface area is 83.3 Å². The summed E-state index contributed by atoms with van der Waals surface area (Å²) in [5, 5.41) is 22.4. The molecule has 0 aromatic carbocycles. The van der Waals surface area contributed by atoms with Gasteiger partial charge >= 0.3 is 11.7 Å². The molecular weight excluding hydrogens is 209 g/mol. The van der Waals surface area contributed by atoms with E-state index in [0.717, 1.165) is 0 Å². The fourth-order valence-electron chi connectivity index (χ4n) is 1.24. The van der Waals surface area contributed by atoms with Gasteiger partial charge in [-0.15, -0.1) is 0 Å². The number of nitro groups is 1. The number of carbonyl (C=O) groups is 1. The van der Waals surface area contributed by atoms with Crippen LogP contribution in [0.2, 0.25) is 0 Å². The van der Waals surface area contributed by atoms with Crippen LogP contribution in [0, 0.1) is 24.0 Å². The molecule has 0 aliphatic heterocycles. The van der Waals surface area contributed by atoms with Gasteiger partial charge in [0.15, 0.2) is 0 Å². The molecule has 0 radical (unpaired) electrons. The maximum Gasteiger partial charge on any atom is 0.361 e. The van der Waals surface area contributed by atoms with Gasteiger partial charge in [0.2, 0.25) is 0 Å². The van der Waals surface area contributed by atoms with Crippen molar-refractivity contribution in [1.29, 1.82) is 0 Å². The molecule has 7 nitrogen and oxygen atoms in total. The largest absolute Gasteiger partial charge is 0.478 e. The van der Waals surface area contributed by atoms with E-state index in [4.69, 9.17) is 5.11 Å². The fourth-order valence-corrected chi connectivity index (χ4v) is 1.24. The van der Waals surface area contributed by atoms with Crippen LogP contribution in [0.25, 0.3) is 0 Å². The van der Waals surface area contributed by atoms with Crippen molar-refractivity contribution < 1.29 is 19.2 Å². The standard InChI is InChI=1S/C7H8FN3O4/c1-3-5(11(14)15)4(2)10(9-3)6(8)7(12)13/h6H,1-2H3,(H,12,13). The van der Waals surface area contributed by atoms with Crippen molar-refractivity contribution in [1.82, 2.24) is 9.78 Å². The number of rotatable bonds is 3. The van der Waals surface area contributed by atoms with Gasteiger partial charge in [0.05, 0.1) is 4.92 Å². The Morgan fingerprint density at radius 1 is 1.67 bits per heavy atom. The first-order valence-electron chi connectivity index (χ1n) is 3.93. The smallest absolute Gasteiger partial charge is 0.361 e. The number of hydrogen-bond acceptors (Lipinski definition) is 4. The van der Waals surface area contributed by atoms with Gasteiger partial charge < -0.3 is 5.11 Å². The van der Waals surface area contributed by atoms with E-state index in [9.17, 15) is 19.3 Å². The topological polar surface area (TPSA) is 98.3 Å². The number of alkyl halides is 1. The van der Waals surface area contributed by atoms with Crippen molar-refractivity contribution in [2.75, 3.05) is 0 Å². The van der Waals surface area contributed by atoms with E-state index in [2.05, 4.69) is 5.10 Å². The first kappa shape index (κ1) is 11.1. The van der Waals surface area contributed by atoms with E-state index >= 15 is 0 Å². The number of carboxylic acid groups (broad SMARTS) is 1. The van der Waals surface area contributed by atoms with E-state index < -0.39 is 17.2 Å². The number of nitrogens with zero attached hydrogens (tertiary/aromatic N) is 3. The predicted molar refractivity (Wildman–Crippen MR) is 46.1 cm³/mol. The molecule has 0 amide bonds. The molecule has 0 saturated carbocycles. The highest BCUT2D eigenvalue weighted by Gasteiger charge is 2.28. The van der Waals surface area contributed by atoms with Crippen molar-refractivity contribution in [2.45, 2.75) is 20.1 Å². The zero-order valence-electron chi connectivity index (χ0n) is 7.97. The minimum atomic E-state index is -2.41. The quantitative estimate of drug-likeness (QED) is 0.600. The highest BCUT2D eigenvalue weighted by molar-refractivity contribution is 5.70. The summed E-state index contributed by atoms with van der Waals surface area (Å²) < 4.78 is 13.5. The molecule has 0 fully saturated rings. The van der Waals surface area contributed by atoms with Gasteiger partial charge in [0.25, 0.3) is 6.30 Å². The van der Waals surface area contributed by atoms with Crippen LogP contribution in [0.1, 0.15) is 17.7 Å². The number of aliphatic carboxylic acids is 1. The van der Waals surface area contributed by atoms with E-state index in [1.165, 1.54) is 13.8 Å². The lowest BCUT2D eigenvalue weighted by molar-refractivity contribution is -0.386. The van der Waals surface area contributed by atoms with Gasteiger partial charge in [-0.2, -0.15) is 5.10 Å². The summed E-state index contributed by atoms with van der Waals surface area (Å²) >= 11 is 0. The monoisotopic (exact) mass is 217 g/mol. The molecule has 0 saturated heterocycles. The first-order chi connectivity index (χ1) is 6.86. The van der Waals surface area contributed by atoms with Crippen molar-refractivity contribution >= 4 is 11.7 Å². The van der Waals surface area contributed by atoms with Crippen LogP contribution in [0.3, 0.4) is 0 Å². The van der Waals surface area contributed by atoms with Gasteiger partial charge in [-0.3, -0.25) is 10.1 Å². The minimum Gasteiger partial charge on any atom is -0.478 e. The molecular formula is C7H8FN3O4. The molecule has 8 heteroatoms. The van der Waals surface area contributed by atoms with Crippen LogP contribution in [0.4, 0.5) is 10.1 Å². The molecule has 15 heavy (non-hydrogen) atoms. The first-order valence-corrected chi connectivity index (χ1v) is 3.93. The zero-order chi connectivity index (χ0) is 11.7. The van der Waals surface area contributed by atoms with Gasteiger partial charge in [-0.05, 0) is 13.8 Å². The molecule has 1 atom stereocenters. The Morgan fingerprint density at radius 3 is 2.53 bits per heavy atom. The van der Waals surface area contributed by atoms with E-state index in [1.807, 2.05) is 0 Å². The van der Waals surface area contributed by atoms with Gasteiger partial charge in [0.1, 0.15) is 11.4 Å². The number of aryl methyl sites for hydroxylation is 1. The molecule has 0 aliphatic rings. The van der Waals surface area contributed by atoms with E-state index in [-0.39, 0.29) is 17.1 Å². The van der Waals surface area contributed by atoms with Crippen LogP contribution in [0.15, 0.2) is 0 Å². The summed E-state index contributed by atoms with van der Waals surface area (Å²) in [5.41, 5.74) is -0.493. The van der Waals surface area contributed by atoms with Crippen LogP contribution in [-0.2, 0) is 4.79 Å². The van der Waals surface area contributed by atoms with Crippen LogP contribution in [-0.4, -0.2) is 25.8 Å². The predicted octanol–water partition coefficient (Wildman–Crippen LogP) is 0.961. The van der Waals surface area contributed by atoms with Crippen LogP contribution >= 0.6 is 0 Å². The summed E-state index contributed by atoms with van der Waals surface area (Å²) in [5.74, 6) is -1.74. The second-order valence-electron chi connectivity index (χ2n) is 2.90. The van der Waals surface area contributed by atoms with Gasteiger partial charge in [-0.1, -0.05) is 0 Å². The molecule has 0 spiro atoms. The average molecular weight is 217 g/mol. The van der Waals surface area contributed by atoms with Crippen LogP contribution < -0.4 is 0 Å². The zero-order valence-corrected chi connectivity index (χ0v) is 7.97. The number of carboxylic acids is 1. The SMILES string of the molecule is Cc1nn(C(F)C(=O)O)c(C)c1[N+](=O)[O-]. The summed E-state index contributed by atoms with van der Waals surface area (Å²) in [7, 11) is 0. The summed E-state index contributed by atoms with van der Waals surface area (Å²) in [6.07, 6.45) is -2.41. The third-order valence-corrected chi connectivity index (χ3v) is 1.89. The van der Waals surface area contributed by atoms with Crippen molar-refractivity contribution in [3.63, 3.8) is 0 Å². The normalized spacial score (nSPS) is 12.5. The molecule has 1 heterocycles. The average Bonchev–Trinajstić information content (AvgIpc) is 2.40. The molecule has 1 aromatic rings. The Balaban J connectivity index is 3.29. The highest BCUT2D eigenvalue weighted by atomic mass is 19.1. The van der Waals surface area contributed by atoms with Crippen molar-refractivity contribution in [2.24, 2.45) is 0 Å². The third-order valence-electron chi connectivity index (χ3n) is 1.89. The highest BCUT2D eigenvalue weighted by Crippen LogP contribution is 2.25. The third kappa shape index (κ3) is 1.78. The Kier molecular flexibility index (Phi) is 2.69. The Bertz CT molecular complexity index is 428. The summed E-state index contributed by atoms with van der Waals surface area (Å²) in [6.45, 7) is 2.56. The second kappa shape index (κ2) is 3.64. The Morgan fingerprint density at radius 2 is 2.20 bits per heavy atom. The van der Waals surface area contributed by atoms with E-state index in [0.29, 0.717) is 4.68 Å². The van der Waals surface area contributed by atoms with Crippen LogP contribution in [0.5, 0.6) is 0 Å². The fraction of sp³-hybridized carbons (Fsp3) is 0.429. The molecule has 0 bridgehead atoms. The van der Waals surface area contributed by atoms with Crippen molar-refractivity contribution in [3.8, 4) is 0 Å². The number of aromatic nitrogens is 2. The van der Waals surface area contributed by atoms with Gasteiger partial charge in [-0.25, -0.2) is 13.9 Å². The minimum absolute atomic E-state index is 0.0126.